The average molecular weight is 277 g/mol. The Hall–Kier alpha value is -1.92. The lowest BCUT2D eigenvalue weighted by Crippen LogP contribution is -2.27. The second-order valence-corrected chi connectivity index (χ2v) is 5.03. The molecule has 0 aliphatic carbocycles. The molecule has 0 radical (unpaired) electrons. The molecule has 6 heteroatoms. The van der Waals surface area contributed by atoms with E-state index in [1.165, 1.54) is 0 Å². The van der Waals surface area contributed by atoms with E-state index in [1.54, 1.807) is 5.38 Å². The van der Waals surface area contributed by atoms with Gasteiger partial charge in [-0.05, 0) is 19.1 Å². The maximum atomic E-state index is 11.6. The van der Waals surface area contributed by atoms with Gasteiger partial charge in [0.25, 0.3) is 0 Å². The highest BCUT2D eigenvalue weighted by Gasteiger charge is 2.02. The summed E-state index contributed by atoms with van der Waals surface area (Å²) in [5.41, 5.74) is 2.72. The lowest BCUT2D eigenvalue weighted by Gasteiger charge is -2.06. The van der Waals surface area contributed by atoms with Gasteiger partial charge < -0.3 is 15.6 Å². The molecule has 3 N–H and O–H groups in total. The van der Waals surface area contributed by atoms with Crippen LogP contribution in [0.5, 0.6) is 0 Å². The predicted octanol–water partition coefficient (Wildman–Crippen LogP) is 1.47. The summed E-state index contributed by atoms with van der Waals surface area (Å²) >= 11 is 1.12. The summed E-state index contributed by atoms with van der Waals surface area (Å²) in [7, 11) is 0. The van der Waals surface area contributed by atoms with Crippen molar-refractivity contribution in [3.63, 3.8) is 0 Å². The Morgan fingerprint density at radius 2 is 2.05 bits per heavy atom. The Morgan fingerprint density at radius 3 is 2.68 bits per heavy atom. The molecule has 0 unspecified atom stereocenters. The maximum Gasteiger partial charge on any atom is 0.304 e. The van der Waals surface area contributed by atoms with E-state index >= 15 is 0 Å². The first-order valence-corrected chi connectivity index (χ1v) is 6.75. The van der Waals surface area contributed by atoms with Gasteiger partial charge in [-0.25, -0.2) is 0 Å². The molecule has 100 valence electrons. The zero-order valence-corrected chi connectivity index (χ0v) is 11.3. The number of benzene rings is 1. The second-order valence-electron chi connectivity index (χ2n) is 4.19. The summed E-state index contributed by atoms with van der Waals surface area (Å²) in [6.07, 6.45) is 0. The summed E-state index contributed by atoms with van der Waals surface area (Å²) < 4.78 is 0. The van der Waals surface area contributed by atoms with Gasteiger partial charge in [-0.15, -0.1) is 0 Å². The molecular weight excluding hydrogens is 262 g/mol. The van der Waals surface area contributed by atoms with Crippen LogP contribution in [0.1, 0.15) is 11.3 Å². The third-order valence-corrected chi connectivity index (χ3v) is 3.23. The van der Waals surface area contributed by atoms with Crippen molar-refractivity contribution in [1.82, 2.24) is 10.3 Å². The lowest BCUT2D eigenvalue weighted by molar-refractivity contribution is -0.115. The summed E-state index contributed by atoms with van der Waals surface area (Å²) in [5.74, 6) is -0.110. The van der Waals surface area contributed by atoms with Crippen LogP contribution in [-0.2, 0) is 11.3 Å². The zero-order chi connectivity index (χ0) is 13.7. The molecule has 0 spiro atoms. The molecule has 5 nitrogen and oxygen atoms in total. The van der Waals surface area contributed by atoms with Crippen molar-refractivity contribution in [1.29, 1.82) is 0 Å². The van der Waals surface area contributed by atoms with Crippen molar-refractivity contribution in [3.8, 4) is 0 Å². The van der Waals surface area contributed by atoms with Crippen LogP contribution in [0.3, 0.4) is 0 Å². The highest BCUT2D eigenvalue weighted by molar-refractivity contribution is 7.07. The Bertz CT molecular complexity index is 601. The number of amides is 1. The molecule has 0 fully saturated rings. The Kier molecular flexibility index (Phi) is 4.48. The van der Waals surface area contributed by atoms with E-state index in [0.29, 0.717) is 6.54 Å². The number of aryl methyl sites for hydroxylation is 1. The molecule has 0 atom stereocenters. The minimum absolute atomic E-state index is 0.0825. The number of H-pyrrole nitrogens is 1. The molecule has 19 heavy (non-hydrogen) atoms. The summed E-state index contributed by atoms with van der Waals surface area (Å²) in [6, 6.07) is 7.62. The topological polar surface area (TPSA) is 74.0 Å². The molecule has 1 aromatic heterocycles. The molecule has 0 aliphatic heterocycles. The molecule has 0 aliphatic rings. The highest BCUT2D eigenvalue weighted by atomic mass is 32.1. The van der Waals surface area contributed by atoms with Crippen LogP contribution in [0.15, 0.2) is 34.4 Å². The smallest absolute Gasteiger partial charge is 0.304 e. The van der Waals surface area contributed by atoms with Gasteiger partial charge >= 0.3 is 4.87 Å². The molecule has 0 saturated carbocycles. The van der Waals surface area contributed by atoms with E-state index in [4.69, 9.17) is 0 Å². The van der Waals surface area contributed by atoms with Crippen molar-refractivity contribution in [2.45, 2.75) is 13.5 Å². The molecule has 1 amide bonds. The standard InChI is InChI=1S/C13H15N3O2S/c1-9-2-4-10(5-3-9)15-12(17)7-14-6-11-8-19-13(18)16-11/h2-5,8,14H,6-7H2,1H3,(H,15,17)(H,16,18). The number of hydrogen-bond donors (Lipinski definition) is 3. The van der Waals surface area contributed by atoms with E-state index in [-0.39, 0.29) is 17.3 Å². The van der Waals surface area contributed by atoms with Gasteiger partial charge in [-0.2, -0.15) is 0 Å². The number of nitrogens with one attached hydrogen (secondary N) is 3. The van der Waals surface area contributed by atoms with Gasteiger partial charge in [0, 0.05) is 23.3 Å². The van der Waals surface area contributed by atoms with Gasteiger partial charge in [0.05, 0.1) is 6.54 Å². The highest BCUT2D eigenvalue weighted by Crippen LogP contribution is 2.07. The monoisotopic (exact) mass is 277 g/mol. The Balaban J connectivity index is 1.75. The second kappa shape index (κ2) is 6.31. The van der Waals surface area contributed by atoms with Crippen LogP contribution in [-0.4, -0.2) is 17.4 Å². The molecule has 0 saturated heterocycles. The van der Waals surface area contributed by atoms with E-state index < -0.39 is 0 Å². The maximum absolute atomic E-state index is 11.6. The summed E-state index contributed by atoms with van der Waals surface area (Å²) in [6.45, 7) is 2.67. The molecular formula is C13H15N3O2S. The molecule has 2 rings (SSSR count). The number of aromatic amines is 1. The number of carbonyl (C=O) groups excluding carboxylic acids is 1. The quantitative estimate of drug-likeness (QED) is 0.775. The van der Waals surface area contributed by atoms with E-state index in [2.05, 4.69) is 15.6 Å². The SMILES string of the molecule is Cc1ccc(NC(=O)CNCc2csc(=O)[nH]2)cc1. The predicted molar refractivity (Wildman–Crippen MR) is 76.5 cm³/mol. The Labute approximate surface area is 114 Å². The molecule has 1 aromatic carbocycles. The third-order valence-electron chi connectivity index (χ3n) is 2.51. The zero-order valence-electron chi connectivity index (χ0n) is 10.5. The minimum atomic E-state index is -0.110. The fourth-order valence-electron chi connectivity index (χ4n) is 1.55. The Morgan fingerprint density at radius 1 is 1.32 bits per heavy atom. The van der Waals surface area contributed by atoms with E-state index in [9.17, 15) is 9.59 Å². The van der Waals surface area contributed by atoms with Crippen molar-refractivity contribution >= 4 is 22.9 Å². The number of hydrogen-bond acceptors (Lipinski definition) is 4. The van der Waals surface area contributed by atoms with Crippen LogP contribution >= 0.6 is 11.3 Å². The number of aromatic nitrogens is 1. The third kappa shape index (κ3) is 4.35. The van der Waals surface area contributed by atoms with Crippen LogP contribution in [0, 0.1) is 6.92 Å². The largest absolute Gasteiger partial charge is 0.325 e. The van der Waals surface area contributed by atoms with Crippen LogP contribution in [0.25, 0.3) is 0 Å². The summed E-state index contributed by atoms with van der Waals surface area (Å²) in [5, 5.41) is 7.50. The van der Waals surface area contributed by atoms with Crippen molar-refractivity contribution in [2.24, 2.45) is 0 Å². The number of anilines is 1. The van der Waals surface area contributed by atoms with Gasteiger partial charge in [0.2, 0.25) is 5.91 Å². The van der Waals surface area contributed by atoms with Crippen LogP contribution in [0.4, 0.5) is 5.69 Å². The van der Waals surface area contributed by atoms with E-state index in [0.717, 1.165) is 28.3 Å². The van der Waals surface area contributed by atoms with Crippen molar-refractivity contribution < 1.29 is 4.79 Å². The van der Waals surface area contributed by atoms with Gasteiger partial charge in [0.15, 0.2) is 0 Å². The van der Waals surface area contributed by atoms with Gasteiger partial charge in [-0.3, -0.25) is 9.59 Å². The summed E-state index contributed by atoms with van der Waals surface area (Å²) in [4.78, 5) is 25.2. The van der Waals surface area contributed by atoms with Gasteiger partial charge in [-0.1, -0.05) is 29.0 Å². The van der Waals surface area contributed by atoms with Crippen molar-refractivity contribution in [2.75, 3.05) is 11.9 Å². The fourth-order valence-corrected chi connectivity index (χ4v) is 2.13. The fraction of sp³-hybridized carbons (Fsp3) is 0.231. The normalized spacial score (nSPS) is 10.4. The first-order valence-electron chi connectivity index (χ1n) is 5.87. The minimum Gasteiger partial charge on any atom is -0.325 e. The molecule has 1 heterocycles. The van der Waals surface area contributed by atoms with Gasteiger partial charge in [0.1, 0.15) is 0 Å². The number of thiazole rings is 1. The van der Waals surface area contributed by atoms with E-state index in [1.807, 2.05) is 31.2 Å². The van der Waals surface area contributed by atoms with Crippen LogP contribution < -0.4 is 15.5 Å². The number of rotatable bonds is 5. The lowest BCUT2D eigenvalue weighted by atomic mass is 10.2. The van der Waals surface area contributed by atoms with Crippen molar-refractivity contribution in [3.05, 3.63) is 50.6 Å². The average Bonchev–Trinajstić information content (AvgIpc) is 2.78. The first-order chi connectivity index (χ1) is 9.13. The number of carbonyl (C=O) groups is 1. The first kappa shape index (κ1) is 13.5. The molecule has 0 bridgehead atoms. The molecule has 2 aromatic rings. The van der Waals surface area contributed by atoms with Crippen LogP contribution in [0.2, 0.25) is 0 Å².